The highest BCUT2D eigenvalue weighted by atomic mass is 16.5. The SMILES string of the molecule is CCOC(=O)c1nnc(C2CC3CCC2C3)o1. The normalized spacial score (nSPS) is 30.8. The smallest absolute Gasteiger partial charge is 0.396 e. The number of rotatable bonds is 3. The molecule has 92 valence electrons. The van der Waals surface area contributed by atoms with E-state index in [-0.39, 0.29) is 5.89 Å². The van der Waals surface area contributed by atoms with Crippen molar-refractivity contribution >= 4 is 5.97 Å². The van der Waals surface area contributed by atoms with Crippen LogP contribution in [0.25, 0.3) is 0 Å². The van der Waals surface area contributed by atoms with Crippen LogP contribution in [-0.4, -0.2) is 22.8 Å². The van der Waals surface area contributed by atoms with Crippen LogP contribution in [0.15, 0.2) is 4.42 Å². The van der Waals surface area contributed by atoms with Gasteiger partial charge in [-0.2, -0.15) is 0 Å². The minimum Gasteiger partial charge on any atom is -0.459 e. The molecule has 5 heteroatoms. The van der Waals surface area contributed by atoms with Crippen molar-refractivity contribution in [3.63, 3.8) is 0 Å². The van der Waals surface area contributed by atoms with Gasteiger partial charge in [0.05, 0.1) is 6.61 Å². The van der Waals surface area contributed by atoms with E-state index in [1.807, 2.05) is 0 Å². The molecule has 17 heavy (non-hydrogen) atoms. The summed E-state index contributed by atoms with van der Waals surface area (Å²) in [7, 11) is 0. The number of hydrogen-bond donors (Lipinski definition) is 0. The van der Waals surface area contributed by atoms with E-state index in [1.165, 1.54) is 19.3 Å². The lowest BCUT2D eigenvalue weighted by Crippen LogP contribution is -2.08. The second-order valence-corrected chi connectivity index (χ2v) is 4.95. The van der Waals surface area contributed by atoms with E-state index in [0.717, 1.165) is 12.3 Å². The molecule has 2 saturated carbocycles. The average Bonchev–Trinajstić information content (AvgIpc) is 3.05. The molecule has 2 fully saturated rings. The lowest BCUT2D eigenvalue weighted by Gasteiger charge is -2.17. The monoisotopic (exact) mass is 236 g/mol. The summed E-state index contributed by atoms with van der Waals surface area (Å²) in [5, 5.41) is 7.77. The Labute approximate surface area is 99.5 Å². The molecule has 3 rings (SSSR count). The van der Waals surface area contributed by atoms with Crippen LogP contribution in [0, 0.1) is 11.8 Å². The van der Waals surface area contributed by atoms with E-state index >= 15 is 0 Å². The van der Waals surface area contributed by atoms with Gasteiger partial charge < -0.3 is 9.15 Å². The number of fused-ring (bicyclic) bond motifs is 2. The molecular formula is C12H16N2O3. The molecule has 1 aromatic heterocycles. The molecular weight excluding hydrogens is 220 g/mol. The van der Waals surface area contributed by atoms with Gasteiger partial charge in [0.1, 0.15) is 0 Å². The Balaban J connectivity index is 1.74. The second kappa shape index (κ2) is 4.13. The average molecular weight is 236 g/mol. The quantitative estimate of drug-likeness (QED) is 0.752. The van der Waals surface area contributed by atoms with Gasteiger partial charge in [-0.15, -0.1) is 10.2 Å². The fraction of sp³-hybridized carbons (Fsp3) is 0.750. The number of carbonyl (C=O) groups is 1. The number of aromatic nitrogens is 2. The Morgan fingerprint density at radius 3 is 2.94 bits per heavy atom. The van der Waals surface area contributed by atoms with Gasteiger partial charge in [-0.3, -0.25) is 0 Å². The van der Waals surface area contributed by atoms with Crippen LogP contribution in [0.1, 0.15) is 55.1 Å². The van der Waals surface area contributed by atoms with Crippen molar-refractivity contribution in [3.8, 4) is 0 Å². The highest BCUT2D eigenvalue weighted by molar-refractivity contribution is 5.83. The third-order valence-corrected chi connectivity index (χ3v) is 3.95. The molecule has 1 heterocycles. The predicted molar refractivity (Wildman–Crippen MR) is 58.4 cm³/mol. The van der Waals surface area contributed by atoms with Gasteiger partial charge in [-0.25, -0.2) is 4.79 Å². The molecule has 0 aromatic carbocycles. The number of nitrogens with zero attached hydrogens (tertiary/aromatic N) is 2. The van der Waals surface area contributed by atoms with Crippen molar-refractivity contribution in [1.29, 1.82) is 0 Å². The molecule has 0 N–H and O–H groups in total. The Morgan fingerprint density at radius 1 is 1.41 bits per heavy atom. The van der Waals surface area contributed by atoms with E-state index in [1.54, 1.807) is 6.92 Å². The van der Waals surface area contributed by atoms with Crippen molar-refractivity contribution in [3.05, 3.63) is 11.8 Å². The highest BCUT2D eigenvalue weighted by Crippen LogP contribution is 2.52. The Bertz CT molecular complexity index is 429. The van der Waals surface area contributed by atoms with Gasteiger partial charge in [0.25, 0.3) is 0 Å². The van der Waals surface area contributed by atoms with Crippen LogP contribution in [-0.2, 0) is 4.74 Å². The van der Waals surface area contributed by atoms with Gasteiger partial charge in [0.15, 0.2) is 0 Å². The lowest BCUT2D eigenvalue weighted by molar-refractivity contribution is 0.0477. The van der Waals surface area contributed by atoms with Gasteiger partial charge in [0, 0.05) is 5.92 Å². The van der Waals surface area contributed by atoms with Crippen LogP contribution >= 0.6 is 0 Å². The maximum atomic E-state index is 11.4. The molecule has 5 nitrogen and oxygen atoms in total. The zero-order valence-electron chi connectivity index (χ0n) is 9.89. The van der Waals surface area contributed by atoms with Crippen molar-refractivity contribution in [2.24, 2.45) is 11.8 Å². The van der Waals surface area contributed by atoms with E-state index in [2.05, 4.69) is 10.2 Å². The minimum atomic E-state index is -0.519. The summed E-state index contributed by atoms with van der Waals surface area (Å²) in [5.41, 5.74) is 0. The number of carbonyl (C=O) groups excluding carboxylic acids is 1. The Morgan fingerprint density at radius 2 is 2.29 bits per heavy atom. The van der Waals surface area contributed by atoms with Crippen LogP contribution in [0.2, 0.25) is 0 Å². The summed E-state index contributed by atoms with van der Waals surface area (Å²) in [6.07, 6.45) is 5.00. The van der Waals surface area contributed by atoms with E-state index < -0.39 is 5.97 Å². The van der Waals surface area contributed by atoms with Gasteiger partial charge in [-0.1, -0.05) is 6.42 Å². The Hall–Kier alpha value is -1.39. The van der Waals surface area contributed by atoms with Crippen molar-refractivity contribution < 1.29 is 13.9 Å². The molecule has 3 atom stereocenters. The van der Waals surface area contributed by atoms with E-state index in [0.29, 0.717) is 24.3 Å². The molecule has 0 radical (unpaired) electrons. The van der Waals surface area contributed by atoms with Crippen LogP contribution in [0.4, 0.5) is 0 Å². The van der Waals surface area contributed by atoms with E-state index in [9.17, 15) is 4.79 Å². The topological polar surface area (TPSA) is 65.2 Å². The minimum absolute atomic E-state index is 0.00961. The van der Waals surface area contributed by atoms with Crippen molar-refractivity contribution in [1.82, 2.24) is 10.2 Å². The zero-order valence-corrected chi connectivity index (χ0v) is 9.89. The predicted octanol–water partition coefficient (Wildman–Crippen LogP) is 2.15. The van der Waals surface area contributed by atoms with Gasteiger partial charge in [0.2, 0.25) is 5.89 Å². The standard InChI is InChI=1S/C12H16N2O3/c1-2-16-12(15)11-14-13-10(17-11)9-6-7-3-4-8(9)5-7/h7-9H,2-6H2,1H3. The molecule has 1 aromatic rings. The first-order chi connectivity index (χ1) is 8.28. The first kappa shape index (κ1) is 10.7. The first-order valence-electron chi connectivity index (χ1n) is 6.28. The molecule has 3 unspecified atom stereocenters. The van der Waals surface area contributed by atoms with E-state index in [4.69, 9.17) is 9.15 Å². The fourth-order valence-electron chi connectivity index (χ4n) is 3.21. The molecule has 2 aliphatic carbocycles. The van der Waals surface area contributed by atoms with Crippen molar-refractivity contribution in [2.75, 3.05) is 6.61 Å². The number of hydrogen-bond acceptors (Lipinski definition) is 5. The van der Waals surface area contributed by atoms with Gasteiger partial charge >= 0.3 is 11.9 Å². The summed E-state index contributed by atoms with van der Waals surface area (Å²) in [6, 6.07) is 0. The summed E-state index contributed by atoms with van der Waals surface area (Å²) in [4.78, 5) is 11.4. The third-order valence-electron chi connectivity index (χ3n) is 3.95. The fourth-order valence-corrected chi connectivity index (χ4v) is 3.21. The lowest BCUT2D eigenvalue weighted by atomic mass is 9.89. The summed E-state index contributed by atoms with van der Waals surface area (Å²) in [5.74, 6) is 1.96. The highest BCUT2D eigenvalue weighted by Gasteiger charge is 2.43. The summed E-state index contributed by atoms with van der Waals surface area (Å²) >= 11 is 0. The number of ether oxygens (including phenoxy) is 1. The largest absolute Gasteiger partial charge is 0.459 e. The molecule has 0 spiro atoms. The van der Waals surface area contributed by atoms with Gasteiger partial charge in [-0.05, 0) is 38.0 Å². The molecule has 0 amide bonds. The third kappa shape index (κ3) is 1.83. The second-order valence-electron chi connectivity index (χ2n) is 4.95. The molecule has 2 aliphatic rings. The molecule has 0 saturated heterocycles. The van der Waals surface area contributed by atoms with Crippen LogP contribution in [0.5, 0.6) is 0 Å². The number of esters is 1. The first-order valence-corrected chi connectivity index (χ1v) is 6.28. The zero-order chi connectivity index (χ0) is 11.8. The summed E-state index contributed by atoms with van der Waals surface area (Å²) in [6.45, 7) is 2.08. The summed E-state index contributed by atoms with van der Waals surface area (Å²) < 4.78 is 10.3. The molecule has 2 bridgehead atoms. The maximum Gasteiger partial charge on any atom is 0.396 e. The van der Waals surface area contributed by atoms with Crippen LogP contribution < -0.4 is 0 Å². The Kier molecular flexibility index (Phi) is 2.61. The van der Waals surface area contributed by atoms with Crippen molar-refractivity contribution in [2.45, 2.75) is 38.5 Å². The maximum absolute atomic E-state index is 11.4. The molecule has 0 aliphatic heterocycles. The van der Waals surface area contributed by atoms with Crippen LogP contribution in [0.3, 0.4) is 0 Å².